The van der Waals surface area contributed by atoms with Gasteiger partial charge in [-0.05, 0) is 56.1 Å². The van der Waals surface area contributed by atoms with E-state index in [0.717, 1.165) is 19.0 Å². The minimum Gasteiger partial charge on any atom is -0.380 e. The molecule has 1 N–H and O–H groups in total. The lowest BCUT2D eigenvalue weighted by Crippen LogP contribution is -2.36. The summed E-state index contributed by atoms with van der Waals surface area (Å²) in [6.45, 7) is 8.70. The second-order valence-electron chi connectivity index (χ2n) is 5.78. The fourth-order valence-corrected chi connectivity index (χ4v) is 2.94. The fraction of sp³-hybridized carbons (Fsp3) is 0.647. The van der Waals surface area contributed by atoms with Gasteiger partial charge in [0.25, 0.3) is 0 Å². The summed E-state index contributed by atoms with van der Waals surface area (Å²) in [7, 11) is 1.75. The molecule has 0 atom stereocenters. The van der Waals surface area contributed by atoms with Gasteiger partial charge in [0.1, 0.15) is 0 Å². The van der Waals surface area contributed by atoms with Gasteiger partial charge >= 0.3 is 0 Å². The molecule has 1 aliphatic rings. The summed E-state index contributed by atoms with van der Waals surface area (Å²) in [6.07, 6.45) is 2.65. The highest BCUT2D eigenvalue weighted by Crippen LogP contribution is 2.19. The van der Waals surface area contributed by atoms with E-state index in [9.17, 15) is 0 Å². The van der Waals surface area contributed by atoms with E-state index in [2.05, 4.69) is 41.4 Å². The minimum absolute atomic E-state index is 0. The molecule has 0 aliphatic carbocycles. The molecular weight excluding hydrogens is 284 g/mol. The molecule has 4 heteroatoms. The van der Waals surface area contributed by atoms with Gasteiger partial charge in [-0.25, -0.2) is 0 Å². The van der Waals surface area contributed by atoms with Crippen LogP contribution in [0.2, 0.25) is 0 Å². The van der Waals surface area contributed by atoms with Crippen LogP contribution in [0.3, 0.4) is 0 Å². The van der Waals surface area contributed by atoms with Crippen LogP contribution >= 0.6 is 12.4 Å². The third-order valence-electron chi connectivity index (χ3n) is 4.10. The van der Waals surface area contributed by atoms with Crippen molar-refractivity contribution in [3.63, 3.8) is 0 Å². The van der Waals surface area contributed by atoms with Gasteiger partial charge in [-0.1, -0.05) is 31.2 Å². The van der Waals surface area contributed by atoms with E-state index in [1.807, 2.05) is 0 Å². The maximum absolute atomic E-state index is 5.20. The van der Waals surface area contributed by atoms with Crippen LogP contribution in [-0.4, -0.2) is 38.2 Å². The van der Waals surface area contributed by atoms with Crippen molar-refractivity contribution in [1.29, 1.82) is 0 Å². The number of hydrogen-bond acceptors (Lipinski definition) is 3. The van der Waals surface area contributed by atoms with Crippen molar-refractivity contribution in [3.8, 4) is 0 Å². The maximum atomic E-state index is 5.20. The molecule has 0 aromatic heterocycles. The zero-order valence-electron chi connectivity index (χ0n) is 13.3. The molecule has 1 aromatic carbocycles. The molecule has 1 fully saturated rings. The van der Waals surface area contributed by atoms with E-state index in [1.165, 1.54) is 43.6 Å². The summed E-state index contributed by atoms with van der Waals surface area (Å²) in [6, 6.07) is 8.77. The first-order valence-corrected chi connectivity index (χ1v) is 7.81. The van der Waals surface area contributed by atoms with Gasteiger partial charge < -0.3 is 10.1 Å². The predicted molar refractivity (Wildman–Crippen MR) is 90.9 cm³/mol. The van der Waals surface area contributed by atoms with Crippen molar-refractivity contribution in [2.24, 2.45) is 5.92 Å². The molecular formula is C17H29ClN2O. The van der Waals surface area contributed by atoms with E-state index >= 15 is 0 Å². The summed E-state index contributed by atoms with van der Waals surface area (Å²) >= 11 is 0. The molecule has 2 rings (SSSR count). The molecule has 3 nitrogen and oxygen atoms in total. The number of rotatable bonds is 7. The molecule has 1 saturated heterocycles. The molecule has 0 radical (unpaired) electrons. The Balaban J connectivity index is 0.00000220. The van der Waals surface area contributed by atoms with Gasteiger partial charge in [0.05, 0.1) is 6.61 Å². The molecule has 120 valence electrons. The lowest BCUT2D eigenvalue weighted by Gasteiger charge is -2.32. The van der Waals surface area contributed by atoms with Crippen molar-refractivity contribution in [1.82, 2.24) is 10.2 Å². The standard InChI is InChI=1S/C17H28N2O.ClH/c1-3-18-12-15-7-9-19(10-8-15)13-16-5-4-6-17(11-16)14-20-2;/h4-6,11,15,18H,3,7-10,12-14H2,1-2H3;1H. The Labute approximate surface area is 135 Å². The smallest absolute Gasteiger partial charge is 0.0713 e. The van der Waals surface area contributed by atoms with Crippen LogP contribution in [0.15, 0.2) is 24.3 Å². The van der Waals surface area contributed by atoms with Crippen molar-refractivity contribution in [2.75, 3.05) is 33.3 Å². The highest BCUT2D eigenvalue weighted by Gasteiger charge is 2.18. The Hall–Kier alpha value is -0.610. The fourth-order valence-electron chi connectivity index (χ4n) is 2.94. The lowest BCUT2D eigenvalue weighted by atomic mass is 9.96. The summed E-state index contributed by atoms with van der Waals surface area (Å²) in [5.74, 6) is 0.867. The number of halogens is 1. The second kappa shape index (κ2) is 10.2. The van der Waals surface area contributed by atoms with Gasteiger partial charge in [0.15, 0.2) is 0 Å². The van der Waals surface area contributed by atoms with E-state index in [-0.39, 0.29) is 12.4 Å². The number of ether oxygens (including phenoxy) is 1. The van der Waals surface area contributed by atoms with E-state index in [1.54, 1.807) is 7.11 Å². The first kappa shape index (κ1) is 18.4. The average molecular weight is 313 g/mol. The predicted octanol–water partition coefficient (Wildman–Crippen LogP) is 3.08. The molecule has 1 aliphatic heterocycles. The molecule has 0 saturated carbocycles. The molecule has 0 bridgehead atoms. The second-order valence-corrected chi connectivity index (χ2v) is 5.78. The van der Waals surface area contributed by atoms with Crippen LogP contribution in [0.25, 0.3) is 0 Å². The van der Waals surface area contributed by atoms with Crippen LogP contribution in [0.4, 0.5) is 0 Å². The molecule has 1 aromatic rings. The molecule has 0 unspecified atom stereocenters. The zero-order valence-corrected chi connectivity index (χ0v) is 14.1. The van der Waals surface area contributed by atoms with E-state index in [4.69, 9.17) is 4.74 Å². The van der Waals surface area contributed by atoms with Gasteiger partial charge in [0, 0.05) is 13.7 Å². The van der Waals surface area contributed by atoms with Gasteiger partial charge in [0.2, 0.25) is 0 Å². The van der Waals surface area contributed by atoms with Crippen molar-refractivity contribution < 1.29 is 4.74 Å². The normalized spacial score (nSPS) is 16.7. The zero-order chi connectivity index (χ0) is 14.2. The Morgan fingerprint density at radius 3 is 2.62 bits per heavy atom. The first-order chi connectivity index (χ1) is 9.81. The summed E-state index contributed by atoms with van der Waals surface area (Å²) in [5.41, 5.74) is 2.68. The van der Waals surface area contributed by atoms with Gasteiger partial charge in [-0.15, -0.1) is 12.4 Å². The van der Waals surface area contributed by atoms with Gasteiger partial charge in [-0.3, -0.25) is 4.90 Å². The first-order valence-electron chi connectivity index (χ1n) is 7.81. The monoisotopic (exact) mass is 312 g/mol. The molecule has 0 amide bonds. The van der Waals surface area contributed by atoms with E-state index in [0.29, 0.717) is 6.61 Å². The summed E-state index contributed by atoms with van der Waals surface area (Å²) in [5, 5.41) is 3.47. The highest BCUT2D eigenvalue weighted by molar-refractivity contribution is 5.85. The molecule has 1 heterocycles. The Bertz CT molecular complexity index is 392. The topological polar surface area (TPSA) is 24.5 Å². The van der Waals surface area contributed by atoms with Crippen molar-refractivity contribution in [3.05, 3.63) is 35.4 Å². The molecule has 0 spiro atoms. The number of benzene rings is 1. The largest absolute Gasteiger partial charge is 0.380 e. The lowest BCUT2D eigenvalue weighted by molar-refractivity contribution is 0.174. The van der Waals surface area contributed by atoms with Crippen molar-refractivity contribution in [2.45, 2.75) is 32.9 Å². The van der Waals surface area contributed by atoms with Crippen LogP contribution < -0.4 is 5.32 Å². The maximum Gasteiger partial charge on any atom is 0.0713 e. The number of nitrogens with zero attached hydrogens (tertiary/aromatic N) is 1. The summed E-state index contributed by atoms with van der Waals surface area (Å²) < 4.78 is 5.20. The number of piperidine rings is 1. The van der Waals surface area contributed by atoms with Gasteiger partial charge in [-0.2, -0.15) is 0 Å². The van der Waals surface area contributed by atoms with Crippen LogP contribution in [0.1, 0.15) is 30.9 Å². The average Bonchev–Trinajstić information content (AvgIpc) is 2.47. The Kier molecular flexibility index (Phi) is 8.93. The Morgan fingerprint density at radius 1 is 1.24 bits per heavy atom. The van der Waals surface area contributed by atoms with E-state index < -0.39 is 0 Å². The van der Waals surface area contributed by atoms with Crippen LogP contribution in [-0.2, 0) is 17.9 Å². The number of likely N-dealkylation sites (tertiary alicyclic amines) is 1. The highest BCUT2D eigenvalue weighted by atomic mass is 35.5. The number of methoxy groups -OCH3 is 1. The Morgan fingerprint density at radius 2 is 1.95 bits per heavy atom. The van der Waals surface area contributed by atoms with Crippen molar-refractivity contribution >= 4 is 12.4 Å². The van der Waals surface area contributed by atoms with Crippen LogP contribution in [0.5, 0.6) is 0 Å². The quantitative estimate of drug-likeness (QED) is 0.837. The summed E-state index contributed by atoms with van der Waals surface area (Å²) in [4.78, 5) is 2.58. The SMILES string of the molecule is CCNCC1CCN(Cc2cccc(COC)c2)CC1.Cl. The number of nitrogens with one attached hydrogen (secondary N) is 1. The molecule has 21 heavy (non-hydrogen) atoms. The minimum atomic E-state index is 0. The third-order valence-corrected chi connectivity index (χ3v) is 4.10. The third kappa shape index (κ3) is 6.35. The number of hydrogen-bond donors (Lipinski definition) is 1. The van der Waals surface area contributed by atoms with Crippen LogP contribution in [0, 0.1) is 5.92 Å².